The minimum atomic E-state index is 0.363. The maximum Gasteiger partial charge on any atom is 0.216 e. The van der Waals surface area contributed by atoms with Crippen molar-refractivity contribution >= 4 is 18.4 Å². The van der Waals surface area contributed by atoms with Crippen LogP contribution in [-0.4, -0.2) is 49.5 Å². The first kappa shape index (κ1) is 19.4. The van der Waals surface area contributed by atoms with Gasteiger partial charge in [-0.2, -0.15) is 14.9 Å². The van der Waals surface area contributed by atoms with Gasteiger partial charge in [0.1, 0.15) is 11.5 Å². The van der Waals surface area contributed by atoms with Gasteiger partial charge in [0.15, 0.2) is 17.3 Å². The molecule has 9 heteroatoms. The molecule has 1 N–H and O–H groups in total. The van der Waals surface area contributed by atoms with Crippen LogP contribution in [-0.2, 0) is 0 Å². The van der Waals surface area contributed by atoms with Gasteiger partial charge in [0.2, 0.25) is 4.77 Å². The second kappa shape index (κ2) is 8.57. The van der Waals surface area contributed by atoms with Gasteiger partial charge in [-0.1, -0.05) is 0 Å². The van der Waals surface area contributed by atoms with Crippen LogP contribution in [0, 0.1) is 4.77 Å². The van der Waals surface area contributed by atoms with E-state index in [1.807, 2.05) is 24.3 Å². The summed E-state index contributed by atoms with van der Waals surface area (Å²) in [5, 5.41) is 11.5. The van der Waals surface area contributed by atoms with Crippen molar-refractivity contribution in [1.82, 2.24) is 14.9 Å². The Balaban J connectivity index is 2.01. The SMILES string of the molecule is COc1ccc(-c2n[nH]c(=S)n2N=Cc2cc(OC)c(OC)cc2OC)cc1. The molecule has 0 unspecified atom stereocenters. The molecule has 0 spiro atoms. The molecule has 8 nitrogen and oxygen atoms in total. The Hall–Kier alpha value is -3.33. The molecule has 3 rings (SSSR count). The van der Waals surface area contributed by atoms with E-state index in [1.165, 1.54) is 4.68 Å². The number of aromatic amines is 1. The number of ether oxygens (including phenoxy) is 4. The topological polar surface area (TPSA) is 82.9 Å². The fourth-order valence-electron chi connectivity index (χ4n) is 2.60. The van der Waals surface area contributed by atoms with Crippen molar-refractivity contribution < 1.29 is 18.9 Å². The molecular formula is C19H20N4O4S. The summed E-state index contributed by atoms with van der Waals surface area (Å²) in [4.78, 5) is 0. The lowest BCUT2D eigenvalue weighted by atomic mass is 10.2. The lowest BCUT2D eigenvalue weighted by molar-refractivity contribution is 0.349. The summed E-state index contributed by atoms with van der Waals surface area (Å²) in [6.07, 6.45) is 1.62. The molecule has 0 aliphatic heterocycles. The molecule has 2 aromatic carbocycles. The second-order valence-electron chi connectivity index (χ2n) is 5.59. The van der Waals surface area contributed by atoms with Gasteiger partial charge in [-0.25, -0.2) is 5.10 Å². The van der Waals surface area contributed by atoms with E-state index in [0.29, 0.717) is 33.4 Å². The predicted octanol–water partition coefficient (Wildman–Crippen LogP) is 3.52. The van der Waals surface area contributed by atoms with Gasteiger partial charge in [-0.05, 0) is 42.5 Å². The highest BCUT2D eigenvalue weighted by Crippen LogP contribution is 2.33. The maximum absolute atomic E-state index is 5.43. The van der Waals surface area contributed by atoms with Crippen LogP contribution in [0.5, 0.6) is 23.0 Å². The van der Waals surface area contributed by atoms with E-state index >= 15 is 0 Å². The van der Waals surface area contributed by atoms with Crippen molar-refractivity contribution in [2.75, 3.05) is 28.4 Å². The Morgan fingerprint density at radius 3 is 2.18 bits per heavy atom. The molecule has 0 amide bonds. The smallest absolute Gasteiger partial charge is 0.216 e. The number of aromatic nitrogens is 3. The normalized spacial score (nSPS) is 10.9. The molecule has 146 valence electrons. The molecule has 1 heterocycles. The molecule has 0 saturated heterocycles. The van der Waals surface area contributed by atoms with Crippen LogP contribution in [0.25, 0.3) is 11.4 Å². The molecule has 0 bridgehead atoms. The Kier molecular flexibility index (Phi) is 5.95. The molecule has 28 heavy (non-hydrogen) atoms. The highest BCUT2D eigenvalue weighted by atomic mass is 32.1. The van der Waals surface area contributed by atoms with Crippen LogP contribution < -0.4 is 18.9 Å². The van der Waals surface area contributed by atoms with Crippen LogP contribution in [0.2, 0.25) is 0 Å². The van der Waals surface area contributed by atoms with Gasteiger partial charge in [0, 0.05) is 17.2 Å². The van der Waals surface area contributed by atoms with Crippen molar-refractivity contribution in [3.63, 3.8) is 0 Å². The molecule has 0 atom stereocenters. The van der Waals surface area contributed by atoms with Gasteiger partial charge in [0.05, 0.1) is 34.7 Å². The first-order chi connectivity index (χ1) is 13.6. The summed E-state index contributed by atoms with van der Waals surface area (Å²) in [5.74, 6) is 3.04. The number of hydrogen-bond donors (Lipinski definition) is 1. The third-order valence-electron chi connectivity index (χ3n) is 4.05. The first-order valence-electron chi connectivity index (χ1n) is 8.27. The number of benzene rings is 2. The summed E-state index contributed by atoms with van der Waals surface area (Å²) in [6.45, 7) is 0. The van der Waals surface area contributed by atoms with Crippen molar-refractivity contribution in [2.45, 2.75) is 0 Å². The first-order valence-corrected chi connectivity index (χ1v) is 8.68. The largest absolute Gasteiger partial charge is 0.497 e. The van der Waals surface area contributed by atoms with Gasteiger partial charge >= 0.3 is 0 Å². The number of nitrogens with one attached hydrogen (secondary N) is 1. The zero-order chi connectivity index (χ0) is 20.1. The third-order valence-corrected chi connectivity index (χ3v) is 4.31. The predicted molar refractivity (Wildman–Crippen MR) is 108 cm³/mol. The monoisotopic (exact) mass is 400 g/mol. The van der Waals surface area contributed by atoms with Gasteiger partial charge in [-0.15, -0.1) is 0 Å². The summed E-state index contributed by atoms with van der Waals surface area (Å²) in [7, 11) is 6.33. The van der Waals surface area contributed by atoms with E-state index in [9.17, 15) is 0 Å². The fraction of sp³-hybridized carbons (Fsp3) is 0.211. The zero-order valence-electron chi connectivity index (χ0n) is 15.9. The van der Waals surface area contributed by atoms with Gasteiger partial charge < -0.3 is 18.9 Å². The van der Waals surface area contributed by atoms with E-state index in [-0.39, 0.29) is 0 Å². The van der Waals surface area contributed by atoms with Crippen molar-refractivity contribution in [2.24, 2.45) is 5.10 Å². The Labute approximate surface area is 167 Å². The number of methoxy groups -OCH3 is 4. The minimum Gasteiger partial charge on any atom is -0.497 e. The second-order valence-corrected chi connectivity index (χ2v) is 5.97. The summed E-state index contributed by atoms with van der Waals surface area (Å²) < 4.78 is 23.2. The standard InChI is InChI=1S/C19H20N4O4S/c1-24-14-7-5-12(6-8-14)18-21-22-19(28)23(18)20-11-13-9-16(26-3)17(27-4)10-15(13)25-2/h5-11H,1-4H3,(H,22,28). The van der Waals surface area contributed by atoms with Gasteiger partial charge in [0.25, 0.3) is 0 Å². The molecule has 0 aliphatic carbocycles. The lowest BCUT2D eigenvalue weighted by Gasteiger charge is -2.11. The summed E-state index contributed by atoms with van der Waals surface area (Å²) in [6, 6.07) is 11.0. The number of H-pyrrole nitrogens is 1. The molecule has 0 fully saturated rings. The molecule has 0 radical (unpaired) electrons. The van der Waals surface area contributed by atoms with Crippen molar-refractivity contribution in [3.05, 3.63) is 46.7 Å². The van der Waals surface area contributed by atoms with E-state index in [1.54, 1.807) is 46.8 Å². The van der Waals surface area contributed by atoms with E-state index in [4.69, 9.17) is 31.2 Å². The minimum absolute atomic E-state index is 0.363. The van der Waals surface area contributed by atoms with Crippen LogP contribution in [0.15, 0.2) is 41.5 Å². The molecule has 1 aromatic heterocycles. The molecule has 0 saturated carbocycles. The Morgan fingerprint density at radius 2 is 1.57 bits per heavy atom. The summed E-state index contributed by atoms with van der Waals surface area (Å²) in [5.41, 5.74) is 1.54. The molecule has 3 aromatic rings. The van der Waals surface area contributed by atoms with E-state index in [2.05, 4.69) is 15.3 Å². The van der Waals surface area contributed by atoms with Gasteiger partial charge in [-0.3, -0.25) is 0 Å². The van der Waals surface area contributed by atoms with Crippen molar-refractivity contribution in [3.8, 4) is 34.4 Å². The van der Waals surface area contributed by atoms with Crippen LogP contribution in [0.3, 0.4) is 0 Å². The number of rotatable bonds is 7. The van der Waals surface area contributed by atoms with Crippen LogP contribution >= 0.6 is 12.2 Å². The molecular weight excluding hydrogens is 380 g/mol. The number of hydrogen-bond acceptors (Lipinski definition) is 7. The highest BCUT2D eigenvalue weighted by Gasteiger charge is 2.12. The fourth-order valence-corrected chi connectivity index (χ4v) is 2.78. The lowest BCUT2D eigenvalue weighted by Crippen LogP contribution is -1.99. The Bertz CT molecular complexity index is 1040. The van der Waals surface area contributed by atoms with Crippen LogP contribution in [0.4, 0.5) is 0 Å². The Morgan fingerprint density at radius 1 is 0.929 bits per heavy atom. The third kappa shape index (κ3) is 3.84. The average Bonchev–Trinajstić information content (AvgIpc) is 3.11. The zero-order valence-corrected chi connectivity index (χ0v) is 16.7. The van der Waals surface area contributed by atoms with Crippen molar-refractivity contribution in [1.29, 1.82) is 0 Å². The molecule has 0 aliphatic rings. The van der Waals surface area contributed by atoms with E-state index in [0.717, 1.165) is 11.3 Å². The number of nitrogens with zero attached hydrogens (tertiary/aromatic N) is 3. The van der Waals surface area contributed by atoms with E-state index < -0.39 is 0 Å². The highest BCUT2D eigenvalue weighted by molar-refractivity contribution is 7.71. The summed E-state index contributed by atoms with van der Waals surface area (Å²) >= 11 is 5.32. The average molecular weight is 400 g/mol. The quantitative estimate of drug-likeness (QED) is 0.483. The maximum atomic E-state index is 5.43. The van der Waals surface area contributed by atoms with Crippen LogP contribution in [0.1, 0.15) is 5.56 Å².